The van der Waals surface area contributed by atoms with Gasteiger partial charge < -0.3 is 23.8 Å². The minimum Gasteiger partial charge on any atom is -0.311 e. The summed E-state index contributed by atoms with van der Waals surface area (Å²) in [5.74, 6) is 0. The predicted molar refractivity (Wildman–Crippen MR) is 487 cm³/mol. The largest absolute Gasteiger partial charge is 0.311 e. The number of hydrogen-bond donors (Lipinski definition) is 0. The molecule has 0 N–H and O–H groups in total. The smallest absolute Gasteiger partial charge is 0.252 e. The van der Waals surface area contributed by atoms with E-state index in [1.165, 1.54) is 65.7 Å². The highest BCUT2D eigenvalue weighted by Gasteiger charge is 2.45. The molecule has 0 unspecified atom stereocenters. The number of nitrogens with zero attached hydrogens (tertiary/aromatic N) is 5. The van der Waals surface area contributed by atoms with Crippen LogP contribution in [0.3, 0.4) is 0 Å². The third-order valence-electron chi connectivity index (χ3n) is 23.8. The minimum absolute atomic E-state index is 0.0639. The van der Waals surface area contributed by atoms with E-state index in [-0.39, 0.29) is 23.0 Å². The maximum Gasteiger partial charge on any atom is 0.252 e. The molecule has 5 nitrogen and oxygen atoms in total. The summed E-state index contributed by atoms with van der Waals surface area (Å²) in [6, 6.07) is 140. The monoisotopic (exact) mass is 1470 g/mol. The number of para-hydroxylation sites is 3. The zero-order valence-corrected chi connectivity index (χ0v) is 66.0. The third kappa shape index (κ3) is 12.1. The quantitative estimate of drug-likeness (QED) is 0.114. The van der Waals surface area contributed by atoms with Crippen LogP contribution < -0.4 is 31.1 Å². The maximum absolute atomic E-state index is 2.66. The highest BCUT2D eigenvalue weighted by Crippen LogP contribution is 2.52. The summed E-state index contributed by atoms with van der Waals surface area (Å²) in [4.78, 5) is 7.68. The summed E-state index contributed by atoms with van der Waals surface area (Å²) in [7, 11) is 0. The van der Waals surface area contributed by atoms with Crippen LogP contribution in [0.2, 0.25) is 0 Å². The lowest BCUT2D eigenvalue weighted by Crippen LogP contribution is -2.61. The molecule has 0 radical (unpaired) electrons. The van der Waals surface area contributed by atoms with E-state index in [4.69, 9.17) is 0 Å². The number of hydrogen-bond acceptors (Lipinski definition) is 3. The van der Waals surface area contributed by atoms with Gasteiger partial charge in [0, 0.05) is 84.1 Å². The normalized spacial score (nSPS) is 12.7. The summed E-state index contributed by atoms with van der Waals surface area (Å²) in [5.41, 5.74) is 35.4. The molecule has 16 aromatic carbocycles. The molecule has 548 valence electrons. The third-order valence-corrected chi connectivity index (χ3v) is 23.8. The summed E-state index contributed by atoms with van der Waals surface area (Å²) < 4.78 is 5.07. The van der Waals surface area contributed by atoms with Crippen LogP contribution >= 0.6 is 0 Å². The molecule has 0 amide bonds. The van der Waals surface area contributed by atoms with Crippen LogP contribution in [0, 0.1) is 0 Å². The van der Waals surface area contributed by atoms with Gasteiger partial charge in [0.1, 0.15) is 0 Å². The maximum atomic E-state index is 2.66. The standard InChI is InChI=1S/C108H88BN5/c1-106(2,3)81-40-30-39-75(59-81)80-64-103-105-104(65-80)114(90-62-78(73-35-20-12-21-36-73)58-79(63-90)74-37-22-13-23-38-74)102-70-88(112-98-54-47-82(107(4,5)6)66-92(98)93-67-83(108(7,8)9)48-55-99(93)112)50-53-96(102)109(105)95-52-49-87(69-101(95)113(103)89-60-76(71-31-16-10-17-32-71)57-77(61-89)72-33-18-11-19-34-72)111-97-46-29-28-45-91(97)94-68-86(51-56-100(94)111)110(84-41-24-14-25-42-84)85-43-26-15-27-44-85/h10-70H,1-9H3. The molecular formula is C108H88BN5. The van der Waals surface area contributed by atoms with Gasteiger partial charge in [-0.15, -0.1) is 0 Å². The molecule has 2 aliphatic rings. The van der Waals surface area contributed by atoms with Crippen LogP contribution in [0.25, 0.3) is 111 Å². The second-order valence-corrected chi connectivity index (χ2v) is 34.2. The fraction of sp³-hybridized carbons (Fsp3) is 0.111. The van der Waals surface area contributed by atoms with Crippen LogP contribution in [0.4, 0.5) is 51.2 Å². The fourth-order valence-corrected chi connectivity index (χ4v) is 18.0. The highest BCUT2D eigenvalue weighted by atomic mass is 15.2. The number of fused-ring (bicyclic) bond motifs is 10. The van der Waals surface area contributed by atoms with Crippen molar-refractivity contribution < 1.29 is 0 Å². The van der Waals surface area contributed by atoms with Crippen LogP contribution in [-0.2, 0) is 16.2 Å². The van der Waals surface area contributed by atoms with Gasteiger partial charge >= 0.3 is 0 Å². The Hall–Kier alpha value is -13.4. The molecule has 18 aromatic rings. The topological polar surface area (TPSA) is 19.6 Å². The molecule has 0 spiro atoms. The molecule has 2 aliphatic heterocycles. The number of benzene rings is 16. The summed E-state index contributed by atoms with van der Waals surface area (Å²) in [6.07, 6.45) is 0. The van der Waals surface area contributed by atoms with Crippen LogP contribution in [0.1, 0.15) is 79.0 Å². The minimum atomic E-state index is -0.258. The zero-order valence-electron chi connectivity index (χ0n) is 66.0. The molecular weight excluding hydrogens is 1380 g/mol. The Morgan fingerprint density at radius 1 is 0.219 bits per heavy atom. The van der Waals surface area contributed by atoms with Crippen molar-refractivity contribution in [3.05, 3.63) is 387 Å². The average Bonchev–Trinajstić information content (AvgIpc) is 0.734. The predicted octanol–water partition coefficient (Wildman–Crippen LogP) is 27.7. The Labute approximate surface area is 669 Å². The van der Waals surface area contributed by atoms with Gasteiger partial charge in [-0.3, -0.25) is 0 Å². The molecule has 0 fully saturated rings. The van der Waals surface area contributed by atoms with Crippen LogP contribution in [0.5, 0.6) is 0 Å². The van der Waals surface area contributed by atoms with E-state index in [2.05, 4.69) is 456 Å². The Kier molecular flexibility index (Phi) is 16.7. The first-order chi connectivity index (χ1) is 55.4. The van der Waals surface area contributed by atoms with Crippen molar-refractivity contribution in [2.24, 2.45) is 0 Å². The Bertz CT molecular complexity index is 6550. The van der Waals surface area contributed by atoms with E-state index >= 15 is 0 Å². The molecule has 0 aliphatic carbocycles. The molecule has 0 atom stereocenters. The van der Waals surface area contributed by atoms with Crippen molar-refractivity contribution in [1.82, 2.24) is 9.13 Å². The Morgan fingerprint density at radius 3 is 0.991 bits per heavy atom. The van der Waals surface area contributed by atoms with Gasteiger partial charge in [0.05, 0.1) is 22.1 Å². The first-order valence-corrected chi connectivity index (χ1v) is 40.1. The molecule has 0 saturated carbocycles. The van der Waals surface area contributed by atoms with Gasteiger partial charge in [0.25, 0.3) is 6.71 Å². The van der Waals surface area contributed by atoms with Gasteiger partial charge in [-0.25, -0.2) is 0 Å². The molecule has 4 heterocycles. The van der Waals surface area contributed by atoms with Crippen molar-refractivity contribution in [3.63, 3.8) is 0 Å². The van der Waals surface area contributed by atoms with E-state index in [1.54, 1.807) is 0 Å². The highest BCUT2D eigenvalue weighted by molar-refractivity contribution is 7.00. The fourth-order valence-electron chi connectivity index (χ4n) is 18.0. The second-order valence-electron chi connectivity index (χ2n) is 34.2. The summed E-state index contributed by atoms with van der Waals surface area (Å²) in [5, 5.41) is 4.87. The lowest BCUT2D eigenvalue weighted by molar-refractivity contribution is 0.590. The van der Waals surface area contributed by atoms with Crippen molar-refractivity contribution in [2.45, 2.75) is 78.6 Å². The zero-order chi connectivity index (χ0) is 77.3. The van der Waals surface area contributed by atoms with E-state index in [0.717, 1.165) is 129 Å². The molecule has 0 saturated heterocycles. The number of anilines is 9. The van der Waals surface area contributed by atoms with E-state index < -0.39 is 0 Å². The molecule has 2 aromatic heterocycles. The van der Waals surface area contributed by atoms with Crippen LogP contribution in [0.15, 0.2) is 370 Å². The van der Waals surface area contributed by atoms with Gasteiger partial charge in [0.15, 0.2) is 0 Å². The van der Waals surface area contributed by atoms with Crippen molar-refractivity contribution in [2.75, 3.05) is 14.7 Å². The number of aromatic nitrogens is 2. The van der Waals surface area contributed by atoms with Gasteiger partial charge in [-0.1, -0.05) is 287 Å². The molecule has 20 rings (SSSR count). The Balaban J connectivity index is 0.910. The van der Waals surface area contributed by atoms with E-state index in [9.17, 15) is 0 Å². The van der Waals surface area contributed by atoms with E-state index in [1.807, 2.05) is 0 Å². The van der Waals surface area contributed by atoms with Crippen molar-refractivity contribution in [3.8, 4) is 67.0 Å². The number of rotatable bonds is 12. The SMILES string of the molecule is CC(C)(C)c1cccc(-c2cc3c4c(c2)N(c2cc(-c5ccccc5)cc(-c5ccccc5)c2)c2cc(-n5c6ccc(C(C)(C)C)cc6c6cc(C(C)(C)C)ccc65)ccc2B4c2ccc(-n4c5ccccc5c5cc(N(c6ccccc6)c6ccccc6)ccc54)cc2N3c2cc(-c3ccccc3)cc(-c3ccccc3)c2)c1. The lowest BCUT2D eigenvalue weighted by Gasteiger charge is -2.45. The molecule has 114 heavy (non-hydrogen) atoms. The van der Waals surface area contributed by atoms with E-state index in [0.29, 0.717) is 0 Å². The van der Waals surface area contributed by atoms with Gasteiger partial charge in [-0.05, 0) is 251 Å². The van der Waals surface area contributed by atoms with Gasteiger partial charge in [0.2, 0.25) is 0 Å². The summed E-state index contributed by atoms with van der Waals surface area (Å²) >= 11 is 0. The second kappa shape index (κ2) is 27.2. The van der Waals surface area contributed by atoms with Crippen LogP contribution in [-0.4, -0.2) is 15.8 Å². The Morgan fingerprint density at radius 2 is 0.570 bits per heavy atom. The first-order valence-electron chi connectivity index (χ1n) is 40.1. The lowest BCUT2D eigenvalue weighted by atomic mass is 9.33. The average molecular weight is 1470 g/mol. The van der Waals surface area contributed by atoms with Crippen molar-refractivity contribution in [1.29, 1.82) is 0 Å². The van der Waals surface area contributed by atoms with Crippen molar-refractivity contribution >= 4 is 118 Å². The van der Waals surface area contributed by atoms with Gasteiger partial charge in [-0.2, -0.15) is 0 Å². The summed E-state index contributed by atoms with van der Waals surface area (Å²) in [6.45, 7) is 20.7. The molecule has 6 heteroatoms. The molecule has 0 bridgehead atoms. The first kappa shape index (κ1) is 69.8.